The van der Waals surface area contributed by atoms with Gasteiger partial charge in [-0.2, -0.15) is 0 Å². The fraction of sp³-hybridized carbons (Fsp3) is 0.222. The molecular formula is C18H16FNO3. The van der Waals surface area contributed by atoms with E-state index in [1.165, 1.54) is 12.1 Å². The van der Waals surface area contributed by atoms with Crippen molar-refractivity contribution in [2.75, 3.05) is 13.1 Å². The minimum atomic E-state index is -0.488. The molecule has 1 heterocycles. The van der Waals surface area contributed by atoms with Gasteiger partial charge in [0.2, 0.25) is 5.43 Å². The molecule has 1 amide bonds. The van der Waals surface area contributed by atoms with Gasteiger partial charge in [-0.05, 0) is 50.2 Å². The van der Waals surface area contributed by atoms with Gasteiger partial charge in [0.15, 0.2) is 0 Å². The van der Waals surface area contributed by atoms with Gasteiger partial charge in [-0.3, -0.25) is 9.59 Å². The van der Waals surface area contributed by atoms with E-state index in [4.69, 9.17) is 4.42 Å². The molecule has 2 aromatic carbocycles. The number of amides is 1. The lowest BCUT2D eigenvalue weighted by Crippen LogP contribution is -2.30. The van der Waals surface area contributed by atoms with Crippen LogP contribution in [0.15, 0.2) is 45.6 Å². The van der Waals surface area contributed by atoms with Crippen molar-refractivity contribution in [2.24, 2.45) is 0 Å². The maximum atomic E-state index is 13.3. The topological polar surface area (TPSA) is 50.5 Å². The van der Waals surface area contributed by atoms with Crippen molar-refractivity contribution in [1.29, 1.82) is 0 Å². The molecule has 0 saturated heterocycles. The number of nitrogens with zero attached hydrogens (tertiary/aromatic N) is 1. The van der Waals surface area contributed by atoms with E-state index in [2.05, 4.69) is 0 Å². The van der Waals surface area contributed by atoms with E-state index in [1.54, 1.807) is 23.1 Å². The first-order valence-electron chi connectivity index (χ1n) is 7.50. The van der Waals surface area contributed by atoms with Crippen molar-refractivity contribution < 1.29 is 13.6 Å². The van der Waals surface area contributed by atoms with E-state index >= 15 is 0 Å². The Morgan fingerprint density at radius 2 is 1.78 bits per heavy atom. The van der Waals surface area contributed by atoms with Crippen LogP contribution in [-0.4, -0.2) is 23.9 Å². The first-order valence-corrected chi connectivity index (χ1v) is 7.50. The van der Waals surface area contributed by atoms with E-state index in [1.807, 2.05) is 13.8 Å². The maximum absolute atomic E-state index is 13.3. The summed E-state index contributed by atoms with van der Waals surface area (Å²) in [4.78, 5) is 26.5. The second-order valence-electron chi connectivity index (χ2n) is 5.26. The monoisotopic (exact) mass is 313 g/mol. The molecule has 0 unspecified atom stereocenters. The standard InChI is InChI=1S/C18H16FNO3/c1-3-20(4-2)18(22)11-5-7-13-16(9-11)23-15-8-6-12(19)10-14(15)17(13)21/h5-10H,3-4H2,1-2H3. The highest BCUT2D eigenvalue weighted by Gasteiger charge is 2.15. The molecule has 0 aliphatic heterocycles. The molecule has 0 N–H and O–H groups in total. The first kappa shape index (κ1) is 15.2. The largest absolute Gasteiger partial charge is 0.456 e. The Morgan fingerprint density at radius 3 is 2.48 bits per heavy atom. The van der Waals surface area contributed by atoms with Gasteiger partial charge in [-0.1, -0.05) is 0 Å². The lowest BCUT2D eigenvalue weighted by Gasteiger charge is -2.18. The van der Waals surface area contributed by atoms with Crippen molar-refractivity contribution in [3.05, 3.63) is 58.0 Å². The summed E-state index contributed by atoms with van der Waals surface area (Å²) >= 11 is 0. The van der Waals surface area contributed by atoms with Crippen LogP contribution < -0.4 is 5.43 Å². The molecule has 3 aromatic rings. The first-order chi connectivity index (χ1) is 11.0. The van der Waals surface area contributed by atoms with Crippen molar-refractivity contribution in [3.63, 3.8) is 0 Å². The van der Waals surface area contributed by atoms with Gasteiger partial charge in [0, 0.05) is 18.7 Å². The summed E-state index contributed by atoms with van der Waals surface area (Å²) in [6.45, 7) is 5.03. The zero-order valence-corrected chi connectivity index (χ0v) is 12.9. The van der Waals surface area contributed by atoms with E-state index < -0.39 is 5.82 Å². The third-order valence-corrected chi connectivity index (χ3v) is 3.93. The predicted molar refractivity (Wildman–Crippen MR) is 87.2 cm³/mol. The number of halogens is 1. The molecule has 0 radical (unpaired) electrons. The van der Waals surface area contributed by atoms with Crippen LogP contribution in [0.25, 0.3) is 21.9 Å². The number of carbonyl (C=O) groups excluding carboxylic acids is 1. The van der Waals surface area contributed by atoms with Gasteiger partial charge in [0.1, 0.15) is 17.0 Å². The van der Waals surface area contributed by atoms with Gasteiger partial charge in [0.25, 0.3) is 5.91 Å². The second-order valence-corrected chi connectivity index (χ2v) is 5.26. The van der Waals surface area contributed by atoms with Crippen molar-refractivity contribution in [1.82, 2.24) is 4.90 Å². The second kappa shape index (κ2) is 5.83. The molecule has 0 aliphatic carbocycles. The predicted octanol–water partition coefficient (Wildman–Crippen LogP) is 3.57. The molecule has 0 atom stereocenters. The number of benzene rings is 2. The minimum absolute atomic E-state index is 0.112. The number of hydrogen-bond acceptors (Lipinski definition) is 3. The van der Waals surface area contributed by atoms with Crippen LogP contribution in [-0.2, 0) is 0 Å². The van der Waals surface area contributed by atoms with Gasteiger partial charge < -0.3 is 9.32 Å². The fourth-order valence-electron chi connectivity index (χ4n) is 2.65. The zero-order valence-electron chi connectivity index (χ0n) is 12.9. The highest BCUT2D eigenvalue weighted by atomic mass is 19.1. The summed E-state index contributed by atoms with van der Waals surface area (Å²) < 4.78 is 19.0. The number of fused-ring (bicyclic) bond motifs is 2. The lowest BCUT2D eigenvalue weighted by atomic mass is 10.1. The van der Waals surface area contributed by atoms with Gasteiger partial charge in [-0.15, -0.1) is 0 Å². The summed E-state index contributed by atoms with van der Waals surface area (Å²) in [6, 6.07) is 8.55. The zero-order chi connectivity index (χ0) is 16.6. The van der Waals surface area contributed by atoms with Gasteiger partial charge in [-0.25, -0.2) is 4.39 Å². The van der Waals surface area contributed by atoms with Crippen LogP contribution in [0.4, 0.5) is 4.39 Å². The average Bonchev–Trinajstić information content (AvgIpc) is 2.56. The average molecular weight is 313 g/mol. The number of hydrogen-bond donors (Lipinski definition) is 0. The molecular weight excluding hydrogens is 297 g/mol. The number of rotatable bonds is 3. The smallest absolute Gasteiger partial charge is 0.253 e. The molecule has 0 spiro atoms. The highest BCUT2D eigenvalue weighted by molar-refractivity contribution is 5.99. The number of carbonyl (C=O) groups is 1. The van der Waals surface area contributed by atoms with E-state index in [0.717, 1.165) is 6.07 Å². The molecule has 0 fully saturated rings. The van der Waals surface area contributed by atoms with Crippen molar-refractivity contribution in [3.8, 4) is 0 Å². The Hall–Kier alpha value is -2.69. The summed E-state index contributed by atoms with van der Waals surface area (Å²) in [5.74, 6) is -0.601. The molecule has 4 nitrogen and oxygen atoms in total. The van der Waals surface area contributed by atoms with Crippen LogP contribution in [0, 0.1) is 5.82 Å². The van der Waals surface area contributed by atoms with E-state index in [-0.39, 0.29) is 16.7 Å². The Labute approximate surface area is 132 Å². The molecule has 0 aliphatic rings. The Bertz CT molecular complexity index is 958. The quantitative estimate of drug-likeness (QED) is 0.695. The summed E-state index contributed by atoms with van der Waals surface area (Å²) in [7, 11) is 0. The van der Waals surface area contributed by atoms with Crippen molar-refractivity contribution >= 4 is 27.8 Å². The minimum Gasteiger partial charge on any atom is -0.456 e. The Morgan fingerprint density at radius 1 is 1.04 bits per heavy atom. The fourth-order valence-corrected chi connectivity index (χ4v) is 2.65. The van der Waals surface area contributed by atoms with E-state index in [9.17, 15) is 14.0 Å². The van der Waals surface area contributed by atoms with Gasteiger partial charge in [0.05, 0.1) is 10.8 Å². The summed E-state index contributed by atoms with van der Waals surface area (Å²) in [6.07, 6.45) is 0. The highest BCUT2D eigenvalue weighted by Crippen LogP contribution is 2.21. The van der Waals surface area contributed by atoms with Crippen LogP contribution in [0.3, 0.4) is 0 Å². The van der Waals surface area contributed by atoms with E-state index in [0.29, 0.717) is 35.2 Å². The van der Waals surface area contributed by atoms with Crippen LogP contribution in [0.1, 0.15) is 24.2 Å². The maximum Gasteiger partial charge on any atom is 0.253 e. The molecule has 0 bridgehead atoms. The molecule has 1 aromatic heterocycles. The Balaban J connectivity index is 2.21. The lowest BCUT2D eigenvalue weighted by molar-refractivity contribution is 0.0773. The molecule has 23 heavy (non-hydrogen) atoms. The normalized spacial score (nSPS) is 11.1. The summed E-state index contributed by atoms with van der Waals surface area (Å²) in [5, 5.41) is 0.527. The van der Waals surface area contributed by atoms with Crippen LogP contribution in [0.5, 0.6) is 0 Å². The SMILES string of the molecule is CCN(CC)C(=O)c1ccc2c(=O)c3cc(F)ccc3oc2c1. The molecule has 0 saturated carbocycles. The van der Waals surface area contributed by atoms with Crippen molar-refractivity contribution in [2.45, 2.75) is 13.8 Å². The molecule has 5 heteroatoms. The van der Waals surface area contributed by atoms with Crippen LogP contribution >= 0.6 is 0 Å². The molecule has 3 rings (SSSR count). The van der Waals surface area contributed by atoms with Gasteiger partial charge >= 0.3 is 0 Å². The Kier molecular flexibility index (Phi) is 3.86. The van der Waals surface area contributed by atoms with Crippen LogP contribution in [0.2, 0.25) is 0 Å². The summed E-state index contributed by atoms with van der Waals surface area (Å²) in [5.41, 5.74) is 0.789. The molecule has 118 valence electrons. The third-order valence-electron chi connectivity index (χ3n) is 3.93. The third kappa shape index (κ3) is 2.59.